The lowest BCUT2D eigenvalue weighted by Gasteiger charge is -2.09. The molecule has 156 valence electrons. The summed E-state index contributed by atoms with van der Waals surface area (Å²) in [4.78, 5) is 11.4. The average Bonchev–Trinajstić information content (AvgIpc) is 3.04. The van der Waals surface area contributed by atoms with E-state index in [2.05, 4.69) is 0 Å². The summed E-state index contributed by atoms with van der Waals surface area (Å²) in [5.74, 6) is -0.535. The lowest BCUT2D eigenvalue weighted by molar-refractivity contribution is -0.135. The first kappa shape index (κ1) is 20.6. The fourth-order valence-corrected chi connectivity index (χ4v) is 4.01. The van der Waals surface area contributed by atoms with Crippen LogP contribution in [0.25, 0.3) is 17.2 Å². The van der Waals surface area contributed by atoms with Crippen molar-refractivity contribution in [2.24, 2.45) is 0 Å². The zero-order chi connectivity index (χ0) is 21.8. The summed E-state index contributed by atoms with van der Waals surface area (Å²) in [6.45, 7) is 2.47. The molecule has 3 nitrogen and oxygen atoms in total. The van der Waals surface area contributed by atoms with E-state index < -0.39 is 5.97 Å². The van der Waals surface area contributed by atoms with Gasteiger partial charge in [-0.15, -0.1) is 0 Å². The van der Waals surface area contributed by atoms with Gasteiger partial charge < -0.3 is 9.84 Å². The van der Waals surface area contributed by atoms with Crippen LogP contribution in [-0.2, 0) is 11.4 Å². The fourth-order valence-electron chi connectivity index (χ4n) is 4.01. The van der Waals surface area contributed by atoms with Crippen LogP contribution in [0.1, 0.15) is 42.0 Å². The van der Waals surface area contributed by atoms with Crippen LogP contribution in [0.4, 0.5) is 4.39 Å². The minimum Gasteiger partial charge on any atom is -0.489 e. The molecule has 0 aromatic heterocycles. The highest BCUT2D eigenvalue weighted by atomic mass is 19.1. The van der Waals surface area contributed by atoms with Crippen LogP contribution < -0.4 is 4.74 Å². The van der Waals surface area contributed by atoms with Gasteiger partial charge in [0, 0.05) is 0 Å². The van der Waals surface area contributed by atoms with Gasteiger partial charge in [0.1, 0.15) is 18.2 Å². The summed E-state index contributed by atoms with van der Waals surface area (Å²) >= 11 is 0. The Labute approximate surface area is 181 Å². The number of carbonyl (C=O) groups is 1. The second-order valence-electron chi connectivity index (χ2n) is 7.48. The summed E-state index contributed by atoms with van der Waals surface area (Å²) in [5.41, 5.74) is 6.14. The monoisotopic (exact) mass is 414 g/mol. The Morgan fingerprint density at radius 2 is 1.77 bits per heavy atom. The molecule has 0 saturated heterocycles. The van der Waals surface area contributed by atoms with Crippen molar-refractivity contribution in [2.75, 3.05) is 0 Å². The van der Waals surface area contributed by atoms with Gasteiger partial charge in [-0.1, -0.05) is 55.5 Å². The average molecular weight is 414 g/mol. The third kappa shape index (κ3) is 4.58. The van der Waals surface area contributed by atoms with Crippen LogP contribution in [0.2, 0.25) is 0 Å². The van der Waals surface area contributed by atoms with Crippen molar-refractivity contribution in [1.29, 1.82) is 0 Å². The van der Waals surface area contributed by atoms with E-state index in [4.69, 9.17) is 4.74 Å². The second-order valence-corrected chi connectivity index (χ2v) is 7.48. The van der Waals surface area contributed by atoms with Gasteiger partial charge in [0.15, 0.2) is 0 Å². The van der Waals surface area contributed by atoms with Crippen LogP contribution in [0, 0.1) is 5.82 Å². The first-order valence-corrected chi connectivity index (χ1v) is 10.3. The maximum Gasteiger partial charge on any atom is 0.307 e. The van der Waals surface area contributed by atoms with Crippen LogP contribution >= 0.6 is 0 Å². The molecule has 3 aromatic carbocycles. The summed E-state index contributed by atoms with van der Waals surface area (Å²) in [6.07, 6.45) is 2.56. The Morgan fingerprint density at radius 3 is 2.52 bits per heavy atom. The molecule has 0 unspecified atom stereocenters. The van der Waals surface area contributed by atoms with Gasteiger partial charge in [-0.3, -0.25) is 4.79 Å². The zero-order valence-electron chi connectivity index (χ0n) is 17.3. The standard InChI is InChI=1S/C27H23FO3/c1-2-22-24(23-12-11-20(28)15-25(23)26(22)16-27(29)30)14-19-9-6-10-21(13-19)31-17-18-7-4-3-5-8-18/h3-15H,2,16-17H2,1H3,(H,29,30)/b24-14-. The van der Waals surface area contributed by atoms with Crippen molar-refractivity contribution in [3.05, 3.63) is 106 Å². The molecule has 0 bridgehead atoms. The molecule has 0 radical (unpaired) electrons. The summed E-state index contributed by atoms with van der Waals surface area (Å²) in [7, 11) is 0. The highest BCUT2D eigenvalue weighted by molar-refractivity contribution is 6.07. The third-order valence-electron chi connectivity index (χ3n) is 5.39. The van der Waals surface area contributed by atoms with Gasteiger partial charge in [0.2, 0.25) is 0 Å². The maximum atomic E-state index is 13.9. The summed E-state index contributed by atoms with van der Waals surface area (Å²) < 4.78 is 19.9. The minimum atomic E-state index is -0.922. The molecule has 0 fully saturated rings. The lowest BCUT2D eigenvalue weighted by atomic mass is 9.98. The Balaban J connectivity index is 1.69. The Morgan fingerprint density at radius 1 is 0.968 bits per heavy atom. The smallest absolute Gasteiger partial charge is 0.307 e. The van der Waals surface area contributed by atoms with Gasteiger partial charge in [0.25, 0.3) is 0 Å². The largest absolute Gasteiger partial charge is 0.489 e. The van der Waals surface area contributed by atoms with Gasteiger partial charge >= 0.3 is 5.97 Å². The predicted molar refractivity (Wildman–Crippen MR) is 121 cm³/mol. The molecule has 1 N–H and O–H groups in total. The van der Waals surface area contributed by atoms with Gasteiger partial charge in [-0.25, -0.2) is 4.39 Å². The highest BCUT2D eigenvalue weighted by Gasteiger charge is 2.27. The molecule has 0 heterocycles. The SMILES string of the molecule is CCC1=C(CC(=O)O)c2cc(F)ccc2/C1=C\c1cccc(OCc2ccccc2)c1. The summed E-state index contributed by atoms with van der Waals surface area (Å²) in [5, 5.41) is 9.38. The number of rotatable bonds is 7. The van der Waals surface area contributed by atoms with Gasteiger partial charge in [-0.05, 0) is 75.7 Å². The molecular formula is C27H23FO3. The molecule has 0 spiro atoms. The number of hydrogen-bond acceptors (Lipinski definition) is 2. The molecule has 0 saturated carbocycles. The van der Waals surface area contributed by atoms with E-state index in [9.17, 15) is 14.3 Å². The quantitative estimate of drug-likeness (QED) is 0.474. The number of halogens is 1. The van der Waals surface area contributed by atoms with E-state index in [-0.39, 0.29) is 12.2 Å². The number of hydrogen-bond donors (Lipinski definition) is 1. The van der Waals surface area contributed by atoms with E-state index in [1.807, 2.05) is 67.6 Å². The third-order valence-corrected chi connectivity index (χ3v) is 5.39. The Bertz CT molecular complexity index is 1180. The number of carboxylic acid groups (broad SMARTS) is 1. The van der Waals surface area contributed by atoms with E-state index in [1.54, 1.807) is 6.07 Å². The van der Waals surface area contributed by atoms with Gasteiger partial charge in [-0.2, -0.15) is 0 Å². The first-order chi connectivity index (χ1) is 15.0. The topological polar surface area (TPSA) is 46.5 Å². The van der Waals surface area contributed by atoms with Crippen LogP contribution in [0.15, 0.2) is 78.4 Å². The van der Waals surface area contributed by atoms with E-state index >= 15 is 0 Å². The second kappa shape index (κ2) is 9.00. The molecule has 0 atom stereocenters. The van der Waals surface area contributed by atoms with E-state index in [1.165, 1.54) is 12.1 Å². The zero-order valence-corrected chi connectivity index (χ0v) is 17.3. The molecule has 1 aliphatic rings. The Kier molecular flexibility index (Phi) is 5.99. The number of carboxylic acids is 1. The number of fused-ring (bicyclic) bond motifs is 1. The molecule has 4 heteroatoms. The lowest BCUT2D eigenvalue weighted by Crippen LogP contribution is -1.97. The first-order valence-electron chi connectivity index (χ1n) is 10.3. The minimum absolute atomic E-state index is 0.128. The molecule has 31 heavy (non-hydrogen) atoms. The summed E-state index contributed by atoms with van der Waals surface area (Å²) in [6, 6.07) is 22.3. The maximum absolute atomic E-state index is 13.9. The number of allylic oxidation sites excluding steroid dienone is 2. The fraction of sp³-hybridized carbons (Fsp3) is 0.148. The van der Waals surface area contributed by atoms with E-state index in [0.29, 0.717) is 24.2 Å². The predicted octanol–water partition coefficient (Wildman–Crippen LogP) is 6.60. The normalized spacial score (nSPS) is 14.1. The highest BCUT2D eigenvalue weighted by Crippen LogP contribution is 2.45. The molecule has 1 aliphatic carbocycles. The van der Waals surface area contributed by atoms with Crippen molar-refractivity contribution < 1.29 is 19.0 Å². The molecule has 0 aliphatic heterocycles. The Hall–Kier alpha value is -3.66. The number of aliphatic carboxylic acids is 1. The van der Waals surface area contributed by atoms with Crippen LogP contribution in [0.3, 0.4) is 0 Å². The molecule has 0 amide bonds. The molecule has 3 aromatic rings. The van der Waals surface area contributed by atoms with Crippen molar-refractivity contribution in [1.82, 2.24) is 0 Å². The van der Waals surface area contributed by atoms with E-state index in [0.717, 1.165) is 33.6 Å². The number of ether oxygens (including phenoxy) is 1. The van der Waals surface area contributed by atoms with Crippen molar-refractivity contribution in [3.63, 3.8) is 0 Å². The van der Waals surface area contributed by atoms with Crippen molar-refractivity contribution in [3.8, 4) is 5.75 Å². The van der Waals surface area contributed by atoms with Crippen LogP contribution in [-0.4, -0.2) is 11.1 Å². The van der Waals surface area contributed by atoms with Crippen LogP contribution in [0.5, 0.6) is 5.75 Å². The molecular weight excluding hydrogens is 391 g/mol. The van der Waals surface area contributed by atoms with Crippen molar-refractivity contribution in [2.45, 2.75) is 26.4 Å². The molecule has 4 rings (SSSR count). The number of benzene rings is 3. The van der Waals surface area contributed by atoms with Crippen molar-refractivity contribution >= 4 is 23.2 Å². The van der Waals surface area contributed by atoms with Gasteiger partial charge in [0.05, 0.1) is 6.42 Å².